The van der Waals surface area contributed by atoms with E-state index in [1.165, 1.54) is 0 Å². The summed E-state index contributed by atoms with van der Waals surface area (Å²) in [5, 5.41) is 2.92. The standard InChI is InChI=1S/C14H21NO2/c1-14(2,3)15-13(16)10-7-11-17-12-8-5-4-6-9-12/h4-6,8-9H,7,10-11H2,1-3H3,(H,15,16). The van der Waals surface area contributed by atoms with Gasteiger partial charge in [-0.25, -0.2) is 0 Å². The SMILES string of the molecule is CC(C)(C)NC(=O)CCCOc1ccccc1. The van der Waals surface area contributed by atoms with E-state index >= 15 is 0 Å². The van der Waals surface area contributed by atoms with Crippen LogP contribution < -0.4 is 10.1 Å². The van der Waals surface area contributed by atoms with Crippen molar-refractivity contribution in [2.75, 3.05) is 6.61 Å². The van der Waals surface area contributed by atoms with E-state index in [9.17, 15) is 4.79 Å². The third-order valence-electron chi connectivity index (χ3n) is 2.07. The van der Waals surface area contributed by atoms with E-state index in [2.05, 4.69) is 5.32 Å². The van der Waals surface area contributed by atoms with Crippen molar-refractivity contribution in [3.8, 4) is 5.75 Å². The lowest BCUT2D eigenvalue weighted by molar-refractivity contribution is -0.122. The van der Waals surface area contributed by atoms with E-state index in [1.54, 1.807) is 0 Å². The second-order valence-corrected chi connectivity index (χ2v) is 5.06. The van der Waals surface area contributed by atoms with Crippen LogP contribution >= 0.6 is 0 Å². The summed E-state index contributed by atoms with van der Waals surface area (Å²) in [7, 11) is 0. The minimum Gasteiger partial charge on any atom is -0.494 e. The highest BCUT2D eigenvalue weighted by atomic mass is 16.5. The second kappa shape index (κ2) is 6.28. The van der Waals surface area contributed by atoms with E-state index in [0.29, 0.717) is 13.0 Å². The summed E-state index contributed by atoms with van der Waals surface area (Å²) in [4.78, 5) is 11.5. The number of nitrogens with one attached hydrogen (secondary N) is 1. The first kappa shape index (κ1) is 13.6. The summed E-state index contributed by atoms with van der Waals surface area (Å²) in [5.74, 6) is 0.929. The lowest BCUT2D eigenvalue weighted by Crippen LogP contribution is -2.40. The first-order valence-corrected chi connectivity index (χ1v) is 5.96. The van der Waals surface area contributed by atoms with Crippen LogP contribution in [0.5, 0.6) is 5.75 Å². The predicted molar refractivity (Wildman–Crippen MR) is 69.1 cm³/mol. The van der Waals surface area contributed by atoms with Crippen LogP contribution in [0.25, 0.3) is 0 Å². The smallest absolute Gasteiger partial charge is 0.220 e. The van der Waals surface area contributed by atoms with Gasteiger partial charge in [-0.15, -0.1) is 0 Å². The van der Waals surface area contributed by atoms with E-state index in [4.69, 9.17) is 4.74 Å². The highest BCUT2D eigenvalue weighted by Crippen LogP contribution is 2.09. The van der Waals surface area contributed by atoms with Gasteiger partial charge in [-0.3, -0.25) is 4.79 Å². The minimum atomic E-state index is -0.155. The van der Waals surface area contributed by atoms with Crippen molar-refractivity contribution in [1.82, 2.24) is 5.32 Å². The summed E-state index contributed by atoms with van der Waals surface area (Å²) in [6.07, 6.45) is 1.24. The van der Waals surface area contributed by atoms with Gasteiger partial charge in [0.2, 0.25) is 5.91 Å². The number of para-hydroxylation sites is 1. The summed E-state index contributed by atoms with van der Waals surface area (Å²) < 4.78 is 5.51. The Morgan fingerprint density at radius 2 is 1.88 bits per heavy atom. The zero-order valence-electron chi connectivity index (χ0n) is 10.8. The van der Waals surface area contributed by atoms with Crippen LogP contribution in [0, 0.1) is 0 Å². The molecule has 0 heterocycles. The van der Waals surface area contributed by atoms with Crippen molar-refractivity contribution in [3.63, 3.8) is 0 Å². The molecular formula is C14H21NO2. The molecule has 0 aliphatic rings. The molecule has 1 aromatic carbocycles. The first-order chi connectivity index (χ1) is 7.97. The van der Waals surface area contributed by atoms with Crippen LogP contribution in [0.2, 0.25) is 0 Å². The van der Waals surface area contributed by atoms with Gasteiger partial charge in [0.25, 0.3) is 0 Å². The predicted octanol–water partition coefficient (Wildman–Crippen LogP) is 2.76. The Kier molecular flexibility index (Phi) is 5.01. The normalized spacial score (nSPS) is 11.0. The Morgan fingerprint density at radius 3 is 2.47 bits per heavy atom. The fourth-order valence-electron chi connectivity index (χ4n) is 1.42. The lowest BCUT2D eigenvalue weighted by atomic mass is 10.1. The molecule has 3 heteroatoms. The number of rotatable bonds is 5. The third kappa shape index (κ3) is 6.61. The molecule has 1 rings (SSSR count). The van der Waals surface area contributed by atoms with Gasteiger partial charge in [0.15, 0.2) is 0 Å². The van der Waals surface area contributed by atoms with Crippen molar-refractivity contribution in [2.24, 2.45) is 0 Å². The molecular weight excluding hydrogens is 214 g/mol. The lowest BCUT2D eigenvalue weighted by Gasteiger charge is -2.20. The molecule has 3 nitrogen and oxygen atoms in total. The summed E-state index contributed by atoms with van der Waals surface area (Å²) in [5.41, 5.74) is -0.155. The summed E-state index contributed by atoms with van der Waals surface area (Å²) in [6.45, 7) is 6.50. The molecule has 0 atom stereocenters. The van der Waals surface area contributed by atoms with Crippen molar-refractivity contribution in [2.45, 2.75) is 39.2 Å². The Hall–Kier alpha value is -1.51. The van der Waals surface area contributed by atoms with Crippen LogP contribution in [0.4, 0.5) is 0 Å². The van der Waals surface area contributed by atoms with E-state index in [1.807, 2.05) is 51.1 Å². The number of hydrogen-bond acceptors (Lipinski definition) is 2. The number of carbonyl (C=O) groups is 1. The van der Waals surface area contributed by atoms with Crippen LogP contribution in [0.1, 0.15) is 33.6 Å². The third-order valence-corrected chi connectivity index (χ3v) is 2.07. The molecule has 94 valence electrons. The van der Waals surface area contributed by atoms with Gasteiger partial charge in [0.05, 0.1) is 6.61 Å². The molecule has 0 unspecified atom stereocenters. The highest BCUT2D eigenvalue weighted by Gasteiger charge is 2.12. The number of benzene rings is 1. The van der Waals surface area contributed by atoms with Gasteiger partial charge in [0, 0.05) is 12.0 Å². The molecule has 0 saturated heterocycles. The van der Waals surface area contributed by atoms with E-state index < -0.39 is 0 Å². The Morgan fingerprint density at radius 1 is 1.24 bits per heavy atom. The zero-order valence-corrected chi connectivity index (χ0v) is 10.8. The fourth-order valence-corrected chi connectivity index (χ4v) is 1.42. The van der Waals surface area contributed by atoms with Gasteiger partial charge >= 0.3 is 0 Å². The molecule has 0 spiro atoms. The average molecular weight is 235 g/mol. The van der Waals surface area contributed by atoms with Gasteiger partial charge in [-0.1, -0.05) is 18.2 Å². The minimum absolute atomic E-state index is 0.0779. The Labute approximate surface area is 103 Å². The monoisotopic (exact) mass is 235 g/mol. The largest absolute Gasteiger partial charge is 0.494 e. The number of carbonyl (C=O) groups excluding carboxylic acids is 1. The number of ether oxygens (including phenoxy) is 1. The van der Waals surface area contributed by atoms with Gasteiger partial charge < -0.3 is 10.1 Å². The van der Waals surface area contributed by atoms with Crippen molar-refractivity contribution < 1.29 is 9.53 Å². The molecule has 0 aliphatic heterocycles. The number of amides is 1. The molecule has 0 saturated carbocycles. The van der Waals surface area contributed by atoms with Crippen molar-refractivity contribution in [1.29, 1.82) is 0 Å². The molecule has 0 radical (unpaired) electrons. The molecule has 1 N–H and O–H groups in total. The number of hydrogen-bond donors (Lipinski definition) is 1. The second-order valence-electron chi connectivity index (χ2n) is 5.06. The molecule has 17 heavy (non-hydrogen) atoms. The molecule has 0 bridgehead atoms. The molecule has 0 fully saturated rings. The molecule has 1 amide bonds. The highest BCUT2D eigenvalue weighted by molar-refractivity contribution is 5.76. The Balaban J connectivity index is 2.14. The maximum Gasteiger partial charge on any atom is 0.220 e. The quantitative estimate of drug-likeness (QED) is 0.797. The van der Waals surface area contributed by atoms with E-state index in [-0.39, 0.29) is 11.4 Å². The van der Waals surface area contributed by atoms with Gasteiger partial charge in [0.1, 0.15) is 5.75 Å². The summed E-state index contributed by atoms with van der Waals surface area (Å²) in [6, 6.07) is 9.64. The maximum atomic E-state index is 11.5. The van der Waals surface area contributed by atoms with Crippen LogP contribution in [-0.4, -0.2) is 18.1 Å². The maximum absolute atomic E-state index is 11.5. The zero-order chi connectivity index (χ0) is 12.7. The van der Waals surface area contributed by atoms with Crippen molar-refractivity contribution >= 4 is 5.91 Å². The summed E-state index contributed by atoms with van der Waals surface area (Å²) >= 11 is 0. The molecule has 1 aromatic rings. The average Bonchev–Trinajstić information content (AvgIpc) is 2.23. The Bertz CT molecular complexity index is 341. The molecule has 0 aromatic heterocycles. The van der Waals surface area contributed by atoms with Crippen LogP contribution in [0.3, 0.4) is 0 Å². The van der Waals surface area contributed by atoms with Gasteiger partial charge in [-0.05, 0) is 39.3 Å². The first-order valence-electron chi connectivity index (χ1n) is 5.96. The fraction of sp³-hybridized carbons (Fsp3) is 0.500. The topological polar surface area (TPSA) is 38.3 Å². The van der Waals surface area contributed by atoms with Crippen LogP contribution in [0.15, 0.2) is 30.3 Å². The van der Waals surface area contributed by atoms with Crippen molar-refractivity contribution in [3.05, 3.63) is 30.3 Å². The van der Waals surface area contributed by atoms with Crippen LogP contribution in [-0.2, 0) is 4.79 Å². The molecule has 0 aliphatic carbocycles. The van der Waals surface area contributed by atoms with Gasteiger partial charge in [-0.2, -0.15) is 0 Å². The van der Waals surface area contributed by atoms with E-state index in [0.717, 1.165) is 12.2 Å².